The maximum absolute atomic E-state index is 13.0. The van der Waals surface area contributed by atoms with Gasteiger partial charge in [-0.2, -0.15) is 0 Å². The standard InChI is InChI=1S/C20H29N3O3/c1-12(18(25)23-22-16-3-2-4-17(24)8-16)21-19(26)20-9-13-5-14(10-20)7-15(6-13)11-20/h8,12-15,22H,2-7,9-11H2,1H3,(H,21,26)(H,23,25)/t12-,13?,14?,15?,20?/m0/s1. The van der Waals surface area contributed by atoms with Crippen LogP contribution in [-0.2, 0) is 14.4 Å². The molecular formula is C20H29N3O3. The van der Waals surface area contributed by atoms with Crippen molar-refractivity contribution in [3.8, 4) is 0 Å². The van der Waals surface area contributed by atoms with E-state index in [0.717, 1.165) is 37.8 Å². The number of carbonyl (C=O) groups excluding carboxylic acids is 3. The quantitative estimate of drug-likeness (QED) is 0.655. The van der Waals surface area contributed by atoms with Gasteiger partial charge in [-0.1, -0.05) is 0 Å². The van der Waals surface area contributed by atoms with Crippen LogP contribution in [0.5, 0.6) is 0 Å². The van der Waals surface area contributed by atoms with Gasteiger partial charge in [0.2, 0.25) is 5.91 Å². The molecule has 1 atom stereocenters. The van der Waals surface area contributed by atoms with Crippen LogP contribution in [-0.4, -0.2) is 23.6 Å². The maximum Gasteiger partial charge on any atom is 0.260 e. The van der Waals surface area contributed by atoms with Crippen molar-refractivity contribution in [2.75, 3.05) is 0 Å². The SMILES string of the molecule is C[C@H](NC(=O)C12CC3CC(CC(C3)C1)C2)C(=O)NNC1=CC(=O)CCC1. The van der Waals surface area contributed by atoms with Crippen molar-refractivity contribution in [2.24, 2.45) is 23.2 Å². The largest absolute Gasteiger partial charge is 0.344 e. The molecular weight excluding hydrogens is 330 g/mol. The first kappa shape index (κ1) is 17.6. The number of ketones is 1. The number of hydrazine groups is 1. The Hall–Kier alpha value is -1.85. The highest BCUT2D eigenvalue weighted by Crippen LogP contribution is 2.60. The number of hydrogen-bond acceptors (Lipinski definition) is 4. The van der Waals surface area contributed by atoms with E-state index >= 15 is 0 Å². The second kappa shape index (κ2) is 6.71. The van der Waals surface area contributed by atoms with Crippen molar-refractivity contribution >= 4 is 17.6 Å². The lowest BCUT2D eigenvalue weighted by molar-refractivity contribution is -0.148. The summed E-state index contributed by atoms with van der Waals surface area (Å²) in [5.41, 5.74) is 5.95. The summed E-state index contributed by atoms with van der Waals surface area (Å²) in [4.78, 5) is 36.7. The summed E-state index contributed by atoms with van der Waals surface area (Å²) in [6.45, 7) is 1.72. The summed E-state index contributed by atoms with van der Waals surface area (Å²) in [6.07, 6.45) is 10.5. The molecule has 6 heteroatoms. The van der Waals surface area contributed by atoms with Crippen molar-refractivity contribution < 1.29 is 14.4 Å². The minimum absolute atomic E-state index is 0.0614. The Morgan fingerprint density at radius 3 is 2.27 bits per heavy atom. The fraction of sp³-hybridized carbons (Fsp3) is 0.750. The van der Waals surface area contributed by atoms with E-state index in [9.17, 15) is 14.4 Å². The Kier molecular flexibility index (Phi) is 4.53. The Bertz CT molecular complexity index is 619. The molecule has 5 rings (SSSR count). The average molecular weight is 359 g/mol. The van der Waals surface area contributed by atoms with Gasteiger partial charge >= 0.3 is 0 Å². The van der Waals surface area contributed by atoms with Crippen LogP contribution < -0.4 is 16.2 Å². The van der Waals surface area contributed by atoms with E-state index in [2.05, 4.69) is 16.2 Å². The number of amides is 2. The summed E-state index contributed by atoms with van der Waals surface area (Å²) in [7, 11) is 0. The summed E-state index contributed by atoms with van der Waals surface area (Å²) in [6, 6.07) is -0.595. The normalized spacial score (nSPS) is 36.3. The van der Waals surface area contributed by atoms with Gasteiger partial charge in [0.15, 0.2) is 5.78 Å². The highest BCUT2D eigenvalue weighted by molar-refractivity contribution is 5.91. The van der Waals surface area contributed by atoms with Crippen molar-refractivity contribution in [1.29, 1.82) is 0 Å². The molecule has 142 valence electrons. The predicted octanol–water partition coefficient (Wildman–Crippen LogP) is 1.97. The van der Waals surface area contributed by atoms with Crippen molar-refractivity contribution in [2.45, 2.75) is 70.8 Å². The lowest BCUT2D eigenvalue weighted by atomic mass is 9.49. The number of rotatable bonds is 5. The van der Waals surface area contributed by atoms with E-state index in [1.807, 2.05) is 0 Å². The molecule has 0 unspecified atom stereocenters. The molecule has 3 N–H and O–H groups in total. The van der Waals surface area contributed by atoms with E-state index in [-0.39, 0.29) is 23.0 Å². The zero-order valence-electron chi connectivity index (χ0n) is 15.5. The Morgan fingerprint density at radius 2 is 1.69 bits per heavy atom. The molecule has 0 aromatic heterocycles. The number of nitrogens with one attached hydrogen (secondary N) is 3. The molecule has 0 heterocycles. The van der Waals surface area contributed by atoms with Gasteiger partial charge in [0.1, 0.15) is 6.04 Å². The molecule has 4 bridgehead atoms. The summed E-state index contributed by atoms with van der Waals surface area (Å²) >= 11 is 0. The van der Waals surface area contributed by atoms with E-state index in [1.54, 1.807) is 13.0 Å². The molecule has 0 aromatic carbocycles. The molecule has 0 aromatic rings. The van der Waals surface area contributed by atoms with Gasteiger partial charge in [-0.25, -0.2) is 0 Å². The second-order valence-corrected chi connectivity index (χ2v) is 9.00. The highest BCUT2D eigenvalue weighted by atomic mass is 16.2. The Balaban J connectivity index is 1.31. The zero-order chi connectivity index (χ0) is 18.3. The van der Waals surface area contributed by atoms with Crippen LogP contribution in [0.2, 0.25) is 0 Å². The summed E-state index contributed by atoms with van der Waals surface area (Å²) < 4.78 is 0. The molecule has 0 aliphatic heterocycles. The van der Waals surface area contributed by atoms with Crippen molar-refractivity contribution in [3.05, 3.63) is 11.8 Å². The van der Waals surface area contributed by atoms with Gasteiger partial charge in [0.05, 0.1) is 0 Å². The molecule has 4 saturated carbocycles. The third kappa shape index (κ3) is 3.38. The lowest BCUT2D eigenvalue weighted by Crippen LogP contribution is -2.57. The average Bonchev–Trinajstić information content (AvgIpc) is 2.58. The predicted molar refractivity (Wildman–Crippen MR) is 96.4 cm³/mol. The molecule has 0 saturated heterocycles. The van der Waals surface area contributed by atoms with Gasteiger partial charge in [-0.3, -0.25) is 19.8 Å². The van der Waals surface area contributed by atoms with Crippen molar-refractivity contribution in [3.63, 3.8) is 0 Å². The minimum Gasteiger partial charge on any atom is -0.344 e. The fourth-order valence-corrected chi connectivity index (χ4v) is 5.94. The summed E-state index contributed by atoms with van der Waals surface area (Å²) in [5.74, 6) is 1.97. The van der Waals surface area contributed by atoms with E-state index < -0.39 is 6.04 Å². The molecule has 5 aliphatic carbocycles. The van der Waals surface area contributed by atoms with E-state index in [4.69, 9.17) is 0 Å². The first-order chi connectivity index (χ1) is 12.4. The number of hydrogen-bond donors (Lipinski definition) is 3. The zero-order valence-corrected chi connectivity index (χ0v) is 15.5. The molecule has 6 nitrogen and oxygen atoms in total. The Labute approximate surface area is 154 Å². The van der Waals surface area contributed by atoms with Crippen LogP contribution in [0.3, 0.4) is 0 Å². The van der Waals surface area contributed by atoms with Gasteiger partial charge in [-0.15, -0.1) is 0 Å². The van der Waals surface area contributed by atoms with Crippen LogP contribution in [0, 0.1) is 23.2 Å². The van der Waals surface area contributed by atoms with Crippen LogP contribution in [0.25, 0.3) is 0 Å². The fourth-order valence-electron chi connectivity index (χ4n) is 5.94. The van der Waals surface area contributed by atoms with Gasteiger partial charge in [-0.05, 0) is 76.0 Å². The van der Waals surface area contributed by atoms with Crippen molar-refractivity contribution in [1.82, 2.24) is 16.2 Å². The minimum atomic E-state index is -0.595. The maximum atomic E-state index is 13.0. The van der Waals surface area contributed by atoms with Crippen LogP contribution in [0.4, 0.5) is 0 Å². The summed E-state index contributed by atoms with van der Waals surface area (Å²) in [5, 5.41) is 2.96. The van der Waals surface area contributed by atoms with Crippen LogP contribution in [0.15, 0.2) is 11.8 Å². The highest BCUT2D eigenvalue weighted by Gasteiger charge is 2.54. The number of carbonyl (C=O) groups is 3. The first-order valence-corrected chi connectivity index (χ1v) is 10.0. The monoisotopic (exact) mass is 359 g/mol. The molecule has 5 aliphatic rings. The van der Waals surface area contributed by atoms with Gasteiger partial charge < -0.3 is 10.7 Å². The molecule has 0 spiro atoms. The first-order valence-electron chi connectivity index (χ1n) is 10.0. The second-order valence-electron chi connectivity index (χ2n) is 9.00. The van der Waals surface area contributed by atoms with E-state index in [0.29, 0.717) is 24.2 Å². The number of allylic oxidation sites excluding steroid dienone is 2. The molecule has 2 amide bonds. The molecule has 0 radical (unpaired) electrons. The van der Waals surface area contributed by atoms with E-state index in [1.165, 1.54) is 19.3 Å². The Morgan fingerprint density at radius 1 is 1.08 bits per heavy atom. The van der Waals surface area contributed by atoms with Gasteiger partial charge in [0.25, 0.3) is 5.91 Å². The van der Waals surface area contributed by atoms with Crippen LogP contribution >= 0.6 is 0 Å². The molecule has 4 fully saturated rings. The third-order valence-corrected chi connectivity index (χ3v) is 6.81. The van der Waals surface area contributed by atoms with Gasteiger partial charge in [0, 0.05) is 23.6 Å². The topological polar surface area (TPSA) is 87.3 Å². The van der Waals surface area contributed by atoms with Crippen LogP contribution in [0.1, 0.15) is 64.7 Å². The molecule has 26 heavy (non-hydrogen) atoms. The lowest BCUT2D eigenvalue weighted by Gasteiger charge is -2.55. The third-order valence-electron chi connectivity index (χ3n) is 6.81. The smallest absolute Gasteiger partial charge is 0.260 e.